The van der Waals surface area contributed by atoms with Gasteiger partial charge in [0.25, 0.3) is 5.69 Å². The number of nitrogens with zero attached hydrogens (tertiary/aromatic N) is 1. The number of hydrogen-bond donors (Lipinski definition) is 0. The molecule has 2 atom stereocenters. The molecule has 0 aliphatic carbocycles. The van der Waals surface area contributed by atoms with Gasteiger partial charge in [-0.1, -0.05) is 36.4 Å². The zero-order valence-corrected chi connectivity index (χ0v) is 11.2. The zero-order valence-electron chi connectivity index (χ0n) is 10.4. The molecule has 5 nitrogen and oxygen atoms in total. The van der Waals surface area contributed by atoms with E-state index in [-0.39, 0.29) is 5.69 Å². The maximum atomic E-state index is 11.8. The molecule has 20 heavy (non-hydrogen) atoms. The predicted octanol–water partition coefficient (Wildman–Crippen LogP) is 2.88. The molecular formula is C14H11NO4S. The summed E-state index contributed by atoms with van der Waals surface area (Å²) in [5, 5.41) is 11.1. The van der Waals surface area contributed by atoms with Crippen LogP contribution < -0.4 is 0 Å². The Morgan fingerprint density at radius 2 is 1.75 bits per heavy atom. The number of fused-ring (bicyclic) bond motifs is 1. The topological polar surface area (TPSA) is 69.4 Å². The first kappa shape index (κ1) is 13.0. The second-order valence-electron chi connectivity index (χ2n) is 4.44. The lowest BCUT2D eigenvalue weighted by Crippen LogP contribution is -2.18. The minimum absolute atomic E-state index is 0.0220. The van der Waals surface area contributed by atoms with Crippen LogP contribution in [0.25, 0.3) is 0 Å². The Morgan fingerprint density at radius 3 is 2.50 bits per heavy atom. The maximum Gasteiger partial charge on any atom is 0.275 e. The van der Waals surface area contributed by atoms with Crippen molar-refractivity contribution in [3.8, 4) is 0 Å². The summed E-state index contributed by atoms with van der Waals surface area (Å²) in [5.74, 6) is 0.313. The maximum absolute atomic E-state index is 11.8. The second-order valence-corrected chi connectivity index (χ2v) is 5.53. The number of nitro groups is 1. The highest BCUT2D eigenvalue weighted by atomic mass is 32.2. The summed E-state index contributed by atoms with van der Waals surface area (Å²) >= 11 is -1.48. The lowest BCUT2D eigenvalue weighted by atomic mass is 9.96. The highest BCUT2D eigenvalue weighted by Crippen LogP contribution is 2.38. The van der Waals surface area contributed by atoms with Gasteiger partial charge in [0.1, 0.15) is 6.10 Å². The molecule has 3 rings (SSSR count). The fourth-order valence-corrected chi connectivity index (χ4v) is 3.34. The molecule has 6 heteroatoms. The summed E-state index contributed by atoms with van der Waals surface area (Å²) < 4.78 is 17.3. The van der Waals surface area contributed by atoms with Crippen molar-refractivity contribution in [1.82, 2.24) is 0 Å². The largest absolute Gasteiger partial charge is 0.277 e. The molecule has 0 saturated heterocycles. The smallest absolute Gasteiger partial charge is 0.275 e. The molecular weight excluding hydrogens is 278 g/mol. The monoisotopic (exact) mass is 289 g/mol. The van der Waals surface area contributed by atoms with Crippen LogP contribution in [0.2, 0.25) is 0 Å². The molecule has 0 aromatic heterocycles. The molecule has 1 aliphatic heterocycles. The predicted molar refractivity (Wildman–Crippen MR) is 74.3 cm³/mol. The molecule has 2 aromatic carbocycles. The van der Waals surface area contributed by atoms with Gasteiger partial charge in [-0.05, 0) is 17.2 Å². The van der Waals surface area contributed by atoms with Crippen LogP contribution in [0.1, 0.15) is 22.8 Å². The van der Waals surface area contributed by atoms with E-state index in [1.807, 2.05) is 24.3 Å². The summed E-state index contributed by atoms with van der Waals surface area (Å²) in [6.45, 7) is 0. The minimum Gasteiger partial charge on any atom is -0.277 e. The van der Waals surface area contributed by atoms with Gasteiger partial charge >= 0.3 is 0 Å². The molecule has 0 fully saturated rings. The molecule has 0 saturated carbocycles. The van der Waals surface area contributed by atoms with Crippen molar-refractivity contribution in [1.29, 1.82) is 0 Å². The van der Waals surface area contributed by atoms with Crippen molar-refractivity contribution in [2.75, 3.05) is 0 Å². The Hall–Kier alpha value is -2.05. The van der Waals surface area contributed by atoms with Gasteiger partial charge in [-0.2, -0.15) is 0 Å². The van der Waals surface area contributed by atoms with Gasteiger partial charge in [0, 0.05) is 6.07 Å². The van der Waals surface area contributed by atoms with Crippen molar-refractivity contribution >= 4 is 16.8 Å². The molecule has 0 radical (unpaired) electrons. The van der Waals surface area contributed by atoms with E-state index in [2.05, 4.69) is 0 Å². The van der Waals surface area contributed by atoms with E-state index in [0.29, 0.717) is 11.3 Å². The number of nitro benzene ring substituents is 1. The Labute approximate surface area is 118 Å². The molecule has 0 bridgehead atoms. The van der Waals surface area contributed by atoms with Crippen molar-refractivity contribution in [3.05, 3.63) is 75.3 Å². The van der Waals surface area contributed by atoms with Crippen LogP contribution >= 0.6 is 0 Å². The van der Waals surface area contributed by atoms with Crippen molar-refractivity contribution < 1.29 is 13.3 Å². The second kappa shape index (κ2) is 5.15. The molecule has 2 aromatic rings. The standard InChI is InChI=1S/C14H11NO4S/c16-15(17)13-8-4-3-7-12(13)14-11-6-2-1-5-10(11)9-20(18)19-14/h1-8,14H,9H2. The molecule has 2 unspecified atom stereocenters. The van der Waals surface area contributed by atoms with Gasteiger partial charge in [-0.3, -0.25) is 14.3 Å². The Kier molecular flexibility index (Phi) is 3.33. The molecule has 0 amide bonds. The van der Waals surface area contributed by atoms with Crippen LogP contribution in [0, 0.1) is 10.1 Å². The summed E-state index contributed by atoms with van der Waals surface area (Å²) in [4.78, 5) is 10.7. The van der Waals surface area contributed by atoms with Gasteiger partial charge in [-0.25, -0.2) is 4.21 Å². The Morgan fingerprint density at radius 1 is 1.10 bits per heavy atom. The molecule has 0 N–H and O–H groups in total. The molecule has 102 valence electrons. The SMILES string of the molecule is O=[N+]([O-])c1ccccc1C1OS(=O)Cc2ccccc21. The number of hydrogen-bond acceptors (Lipinski definition) is 4. The van der Waals surface area contributed by atoms with Crippen LogP contribution in [0.3, 0.4) is 0 Å². The zero-order chi connectivity index (χ0) is 14.1. The first-order valence-electron chi connectivity index (χ1n) is 6.03. The normalized spacial score (nSPS) is 21.2. The van der Waals surface area contributed by atoms with Gasteiger partial charge in [0.2, 0.25) is 0 Å². The van der Waals surface area contributed by atoms with Crippen LogP contribution in [0.15, 0.2) is 48.5 Å². The van der Waals surface area contributed by atoms with E-state index < -0.39 is 22.1 Å². The van der Waals surface area contributed by atoms with Gasteiger partial charge in [0.05, 0.1) is 16.2 Å². The van der Waals surface area contributed by atoms with Crippen molar-refractivity contribution in [2.24, 2.45) is 0 Å². The summed E-state index contributed by atoms with van der Waals surface area (Å²) in [6, 6.07) is 13.8. The van der Waals surface area contributed by atoms with E-state index in [1.54, 1.807) is 18.2 Å². The van der Waals surface area contributed by atoms with E-state index in [4.69, 9.17) is 4.18 Å². The average molecular weight is 289 g/mol. The van der Waals surface area contributed by atoms with E-state index in [9.17, 15) is 14.3 Å². The van der Waals surface area contributed by atoms with E-state index in [0.717, 1.165) is 11.1 Å². The first-order valence-corrected chi connectivity index (χ1v) is 7.28. The van der Waals surface area contributed by atoms with E-state index in [1.165, 1.54) is 6.07 Å². The summed E-state index contributed by atoms with van der Waals surface area (Å²) in [7, 11) is 0. The third kappa shape index (κ3) is 2.23. The third-order valence-electron chi connectivity index (χ3n) is 3.23. The van der Waals surface area contributed by atoms with Gasteiger partial charge in [0.15, 0.2) is 11.1 Å². The Bertz CT molecular complexity index is 701. The summed E-state index contributed by atoms with van der Waals surface area (Å²) in [6.07, 6.45) is -0.664. The Balaban J connectivity index is 2.16. The molecule has 1 aliphatic rings. The molecule has 1 heterocycles. The van der Waals surface area contributed by atoms with Crippen LogP contribution in [-0.2, 0) is 21.0 Å². The van der Waals surface area contributed by atoms with Gasteiger partial charge in [-0.15, -0.1) is 0 Å². The lowest BCUT2D eigenvalue weighted by molar-refractivity contribution is -0.386. The fraction of sp³-hybridized carbons (Fsp3) is 0.143. The highest BCUT2D eigenvalue weighted by molar-refractivity contribution is 7.79. The fourth-order valence-electron chi connectivity index (χ4n) is 2.34. The average Bonchev–Trinajstić information content (AvgIpc) is 2.46. The molecule has 0 spiro atoms. The lowest BCUT2D eigenvalue weighted by Gasteiger charge is -2.24. The third-order valence-corrected chi connectivity index (χ3v) is 4.18. The van der Waals surface area contributed by atoms with Crippen LogP contribution in [0.5, 0.6) is 0 Å². The quantitative estimate of drug-likeness (QED) is 0.629. The van der Waals surface area contributed by atoms with Crippen molar-refractivity contribution in [3.63, 3.8) is 0 Å². The van der Waals surface area contributed by atoms with Crippen LogP contribution in [-0.4, -0.2) is 9.13 Å². The number of para-hydroxylation sites is 1. The summed E-state index contributed by atoms with van der Waals surface area (Å²) in [5.41, 5.74) is 2.14. The van der Waals surface area contributed by atoms with Gasteiger partial charge < -0.3 is 0 Å². The number of rotatable bonds is 2. The van der Waals surface area contributed by atoms with Crippen molar-refractivity contribution in [2.45, 2.75) is 11.9 Å². The first-order chi connectivity index (χ1) is 9.66. The number of benzene rings is 2. The highest BCUT2D eigenvalue weighted by Gasteiger charge is 2.31. The van der Waals surface area contributed by atoms with E-state index >= 15 is 0 Å². The van der Waals surface area contributed by atoms with Crippen LogP contribution in [0.4, 0.5) is 5.69 Å². The minimum atomic E-state index is -1.48.